The largest absolute Gasteiger partial charge is 0.370 e. The van der Waals surface area contributed by atoms with Crippen LogP contribution in [0.4, 0.5) is 5.69 Å². The maximum absolute atomic E-state index is 13.4. The molecule has 3 aromatic carbocycles. The Balaban J connectivity index is 1.87. The van der Waals surface area contributed by atoms with Crippen LogP contribution in [-0.2, 0) is 19.7 Å². The Kier molecular flexibility index (Phi) is 5.42. The van der Waals surface area contributed by atoms with Crippen LogP contribution < -0.4 is 4.90 Å². The van der Waals surface area contributed by atoms with Crippen molar-refractivity contribution < 1.29 is 16.8 Å². The van der Waals surface area contributed by atoms with Crippen LogP contribution in [0.5, 0.6) is 0 Å². The molecule has 5 nitrogen and oxygen atoms in total. The Labute approximate surface area is 177 Å². The number of anilines is 1. The van der Waals surface area contributed by atoms with Gasteiger partial charge in [-0.15, -0.1) is 0 Å². The number of rotatable bonds is 5. The van der Waals surface area contributed by atoms with Gasteiger partial charge in [-0.05, 0) is 62.2 Å². The van der Waals surface area contributed by atoms with Gasteiger partial charge in [0.05, 0.1) is 25.3 Å². The molecule has 156 valence electrons. The maximum atomic E-state index is 13.4. The minimum atomic E-state index is -3.79. The fourth-order valence-corrected chi connectivity index (χ4v) is 6.44. The molecule has 0 unspecified atom stereocenters. The van der Waals surface area contributed by atoms with Gasteiger partial charge in [-0.1, -0.05) is 35.9 Å². The van der Waals surface area contributed by atoms with Crippen LogP contribution in [0.3, 0.4) is 0 Å². The number of benzene rings is 3. The van der Waals surface area contributed by atoms with Crippen LogP contribution in [0.1, 0.15) is 18.4 Å². The summed E-state index contributed by atoms with van der Waals surface area (Å²) in [6, 6.07) is 19.2. The van der Waals surface area contributed by atoms with E-state index < -0.39 is 19.7 Å². The molecular formula is C23H23NO4S2. The van der Waals surface area contributed by atoms with Gasteiger partial charge < -0.3 is 4.90 Å². The molecule has 0 amide bonds. The van der Waals surface area contributed by atoms with Crippen molar-refractivity contribution in [3.8, 4) is 0 Å². The van der Waals surface area contributed by atoms with Crippen molar-refractivity contribution in [1.82, 2.24) is 0 Å². The lowest BCUT2D eigenvalue weighted by atomic mass is 10.2. The van der Waals surface area contributed by atoms with Gasteiger partial charge in [-0.25, -0.2) is 16.8 Å². The molecule has 1 heterocycles. The summed E-state index contributed by atoms with van der Waals surface area (Å²) in [7, 11) is -7.53. The molecule has 1 saturated heterocycles. The number of hydrogen-bond acceptors (Lipinski definition) is 5. The van der Waals surface area contributed by atoms with E-state index in [0.29, 0.717) is 18.8 Å². The van der Waals surface area contributed by atoms with E-state index >= 15 is 0 Å². The van der Waals surface area contributed by atoms with Crippen molar-refractivity contribution in [3.63, 3.8) is 0 Å². The second kappa shape index (κ2) is 7.89. The number of aryl methyl sites for hydroxylation is 1. The quantitative estimate of drug-likeness (QED) is 0.592. The number of hydrogen-bond donors (Lipinski definition) is 0. The first-order valence-electron chi connectivity index (χ1n) is 9.81. The third-order valence-electron chi connectivity index (χ3n) is 5.36. The average molecular weight is 442 g/mol. The zero-order chi connectivity index (χ0) is 21.4. The van der Waals surface area contributed by atoms with E-state index in [4.69, 9.17) is 0 Å². The van der Waals surface area contributed by atoms with Gasteiger partial charge in [-0.2, -0.15) is 0 Å². The molecule has 1 aliphatic rings. The van der Waals surface area contributed by atoms with Crippen molar-refractivity contribution >= 4 is 25.4 Å². The fourth-order valence-electron chi connectivity index (χ4n) is 3.68. The van der Waals surface area contributed by atoms with Crippen LogP contribution in [-0.4, -0.2) is 29.9 Å². The lowest BCUT2D eigenvalue weighted by Crippen LogP contribution is -2.21. The zero-order valence-electron chi connectivity index (χ0n) is 16.7. The molecule has 0 spiro atoms. The van der Waals surface area contributed by atoms with Crippen molar-refractivity contribution in [2.24, 2.45) is 0 Å². The van der Waals surface area contributed by atoms with Gasteiger partial charge in [-0.3, -0.25) is 0 Å². The summed E-state index contributed by atoms with van der Waals surface area (Å²) < 4.78 is 53.0. The van der Waals surface area contributed by atoms with E-state index in [1.807, 2.05) is 11.8 Å². The third-order valence-corrected chi connectivity index (χ3v) is 8.95. The first kappa shape index (κ1) is 20.6. The van der Waals surface area contributed by atoms with Crippen LogP contribution in [0, 0.1) is 6.92 Å². The summed E-state index contributed by atoms with van der Waals surface area (Å²) in [6.07, 6.45) is 1.89. The highest BCUT2D eigenvalue weighted by Gasteiger charge is 2.28. The number of nitrogens with zero attached hydrogens (tertiary/aromatic N) is 1. The normalized spacial score (nSPS) is 14.8. The molecule has 7 heteroatoms. The lowest BCUT2D eigenvalue weighted by molar-refractivity contribution is 0.592. The Morgan fingerprint density at radius 2 is 1.23 bits per heavy atom. The van der Waals surface area contributed by atoms with Crippen molar-refractivity contribution in [1.29, 1.82) is 0 Å². The minimum absolute atomic E-state index is 0.0958. The summed E-state index contributed by atoms with van der Waals surface area (Å²) in [5.74, 6) is 0. The highest BCUT2D eigenvalue weighted by atomic mass is 32.2. The minimum Gasteiger partial charge on any atom is -0.370 e. The zero-order valence-corrected chi connectivity index (χ0v) is 18.3. The Bertz CT molecular complexity index is 1260. The van der Waals surface area contributed by atoms with Gasteiger partial charge in [0.25, 0.3) is 0 Å². The SMILES string of the molecule is Cc1ccc(S(=O)(=O)c2ccc(S(=O)(=O)c3ccccc3)cc2N2CCCC2)cc1. The Morgan fingerprint density at radius 1 is 0.667 bits per heavy atom. The monoisotopic (exact) mass is 441 g/mol. The van der Waals surface area contributed by atoms with Crippen molar-refractivity contribution in [3.05, 3.63) is 78.4 Å². The van der Waals surface area contributed by atoms with Crippen LogP contribution in [0.15, 0.2) is 92.4 Å². The first-order chi connectivity index (χ1) is 14.3. The molecule has 0 saturated carbocycles. The van der Waals surface area contributed by atoms with Crippen molar-refractivity contribution in [2.45, 2.75) is 39.3 Å². The molecule has 0 N–H and O–H groups in total. The van der Waals surface area contributed by atoms with Crippen molar-refractivity contribution in [2.75, 3.05) is 18.0 Å². The number of sulfone groups is 2. The summed E-state index contributed by atoms with van der Waals surface area (Å²) in [4.78, 5) is 2.59. The molecule has 1 aliphatic heterocycles. The van der Waals surface area contributed by atoms with E-state index in [-0.39, 0.29) is 19.6 Å². The topological polar surface area (TPSA) is 71.5 Å². The van der Waals surface area contributed by atoms with E-state index in [9.17, 15) is 16.8 Å². The molecule has 3 aromatic rings. The van der Waals surface area contributed by atoms with E-state index in [0.717, 1.165) is 18.4 Å². The van der Waals surface area contributed by atoms with Gasteiger partial charge in [0.1, 0.15) is 0 Å². The summed E-state index contributed by atoms with van der Waals surface area (Å²) in [6.45, 7) is 3.30. The lowest BCUT2D eigenvalue weighted by Gasteiger charge is -2.22. The summed E-state index contributed by atoms with van der Waals surface area (Å²) in [5.41, 5.74) is 1.42. The molecule has 0 bridgehead atoms. The summed E-state index contributed by atoms with van der Waals surface area (Å²) >= 11 is 0. The van der Waals surface area contributed by atoms with E-state index in [1.54, 1.807) is 54.6 Å². The molecule has 30 heavy (non-hydrogen) atoms. The summed E-state index contributed by atoms with van der Waals surface area (Å²) in [5, 5.41) is 0. The Morgan fingerprint density at radius 3 is 1.87 bits per heavy atom. The molecular weight excluding hydrogens is 418 g/mol. The van der Waals surface area contributed by atoms with E-state index in [1.165, 1.54) is 18.2 Å². The average Bonchev–Trinajstić information content (AvgIpc) is 3.29. The van der Waals surface area contributed by atoms with Crippen LogP contribution in [0.2, 0.25) is 0 Å². The second-order valence-corrected chi connectivity index (χ2v) is 11.3. The fraction of sp³-hybridized carbons (Fsp3) is 0.217. The highest BCUT2D eigenvalue weighted by Crippen LogP contribution is 2.35. The molecule has 0 aliphatic carbocycles. The second-order valence-electron chi connectivity index (χ2n) is 7.46. The highest BCUT2D eigenvalue weighted by molar-refractivity contribution is 7.92. The smallest absolute Gasteiger partial charge is 0.208 e. The molecule has 1 fully saturated rings. The predicted octanol–water partition coefficient (Wildman–Crippen LogP) is 4.26. The first-order valence-corrected chi connectivity index (χ1v) is 12.8. The van der Waals surface area contributed by atoms with Gasteiger partial charge >= 0.3 is 0 Å². The molecule has 4 rings (SSSR count). The molecule has 0 aromatic heterocycles. The Hall–Kier alpha value is -2.64. The molecule has 0 atom stereocenters. The van der Waals surface area contributed by atoms with Crippen LogP contribution >= 0.6 is 0 Å². The third kappa shape index (κ3) is 3.75. The van der Waals surface area contributed by atoms with Gasteiger partial charge in [0, 0.05) is 13.1 Å². The standard InChI is InChI=1S/C23H23NO4S2/c1-18-9-11-20(12-10-18)30(27,28)23-14-13-21(17-22(23)24-15-5-6-16-24)29(25,26)19-7-3-2-4-8-19/h2-4,7-14,17H,5-6,15-16H2,1H3. The molecule has 0 radical (unpaired) electrons. The predicted molar refractivity (Wildman–Crippen MR) is 116 cm³/mol. The van der Waals surface area contributed by atoms with Gasteiger partial charge in [0.2, 0.25) is 19.7 Å². The van der Waals surface area contributed by atoms with Gasteiger partial charge in [0.15, 0.2) is 0 Å². The van der Waals surface area contributed by atoms with E-state index in [2.05, 4.69) is 0 Å². The van der Waals surface area contributed by atoms with Crippen LogP contribution in [0.25, 0.3) is 0 Å². The maximum Gasteiger partial charge on any atom is 0.208 e.